The van der Waals surface area contributed by atoms with E-state index in [1.165, 1.54) is 21.6 Å². The number of hydrogen-bond acceptors (Lipinski definition) is 4. The highest BCUT2D eigenvalue weighted by molar-refractivity contribution is 7.13. The van der Waals surface area contributed by atoms with Gasteiger partial charge in [0.2, 0.25) is 0 Å². The van der Waals surface area contributed by atoms with Crippen molar-refractivity contribution in [3.8, 4) is 0 Å². The molecule has 0 N–H and O–H groups in total. The van der Waals surface area contributed by atoms with Gasteiger partial charge in [-0.3, -0.25) is 0 Å². The predicted octanol–water partition coefficient (Wildman–Crippen LogP) is 4.59. The molecule has 0 saturated heterocycles. The number of fused-ring (bicyclic) bond motifs is 2. The highest BCUT2D eigenvalue weighted by Crippen LogP contribution is 2.34. The third kappa shape index (κ3) is 1.65. The van der Waals surface area contributed by atoms with Crippen LogP contribution in [0.15, 0.2) is 53.1 Å². The number of hydrogen-bond donors (Lipinski definition) is 0. The molecule has 0 aliphatic rings. The van der Waals surface area contributed by atoms with Gasteiger partial charge in [0.15, 0.2) is 5.58 Å². The van der Waals surface area contributed by atoms with E-state index >= 15 is 0 Å². The number of aromatic nitrogens is 2. The van der Waals surface area contributed by atoms with Gasteiger partial charge < -0.3 is 4.52 Å². The second kappa shape index (κ2) is 4.42. The Morgan fingerprint density at radius 1 is 0.950 bits per heavy atom. The van der Waals surface area contributed by atoms with Crippen LogP contribution in [0.1, 0.15) is 24.2 Å². The second-order valence-electron chi connectivity index (χ2n) is 4.85. The summed E-state index contributed by atoms with van der Waals surface area (Å²) < 4.78 is 11.2. The zero-order chi connectivity index (χ0) is 13.5. The Kier molecular flexibility index (Phi) is 2.57. The summed E-state index contributed by atoms with van der Waals surface area (Å²) in [7, 11) is 0. The largest absolute Gasteiger partial charge is 0.356 e. The lowest BCUT2D eigenvalue weighted by molar-refractivity contribution is 0.443. The molecule has 20 heavy (non-hydrogen) atoms. The van der Waals surface area contributed by atoms with Crippen molar-refractivity contribution in [1.29, 1.82) is 0 Å². The molecular weight excluding hydrogens is 268 g/mol. The standard InChI is InChI=1S/C16H12N2OS/c1-10(15-11-6-2-4-8-13(11)19-17-15)16-12-7-3-5-9-14(12)20-18-16/h2-10H,1H3. The van der Waals surface area contributed by atoms with Crippen LogP contribution in [0, 0.1) is 0 Å². The topological polar surface area (TPSA) is 38.9 Å². The van der Waals surface area contributed by atoms with Crippen LogP contribution in [-0.4, -0.2) is 9.53 Å². The second-order valence-corrected chi connectivity index (χ2v) is 5.65. The van der Waals surface area contributed by atoms with E-state index in [0.717, 1.165) is 22.4 Å². The summed E-state index contributed by atoms with van der Waals surface area (Å²) in [4.78, 5) is 0. The first kappa shape index (κ1) is 11.6. The fourth-order valence-corrected chi connectivity index (χ4v) is 3.43. The molecule has 0 radical (unpaired) electrons. The minimum absolute atomic E-state index is 0.120. The van der Waals surface area contributed by atoms with Crippen LogP contribution in [0.4, 0.5) is 0 Å². The highest BCUT2D eigenvalue weighted by atomic mass is 32.1. The zero-order valence-electron chi connectivity index (χ0n) is 10.9. The SMILES string of the molecule is CC(c1noc2ccccc12)c1nsc2ccccc12. The zero-order valence-corrected chi connectivity index (χ0v) is 11.7. The lowest BCUT2D eigenvalue weighted by atomic mass is 9.98. The molecule has 0 amide bonds. The van der Waals surface area contributed by atoms with E-state index in [1.807, 2.05) is 36.4 Å². The Bertz CT molecular complexity index is 819. The first-order valence-electron chi connectivity index (χ1n) is 6.53. The predicted molar refractivity (Wildman–Crippen MR) is 81.1 cm³/mol. The lowest BCUT2D eigenvalue weighted by Crippen LogP contribution is -1.97. The van der Waals surface area contributed by atoms with Crippen LogP contribution >= 0.6 is 11.5 Å². The van der Waals surface area contributed by atoms with Crippen LogP contribution < -0.4 is 0 Å². The van der Waals surface area contributed by atoms with Crippen molar-refractivity contribution in [3.63, 3.8) is 0 Å². The molecule has 4 rings (SSSR count). The molecule has 2 aromatic heterocycles. The van der Waals surface area contributed by atoms with Gasteiger partial charge in [0.1, 0.15) is 5.69 Å². The van der Waals surface area contributed by atoms with Gasteiger partial charge in [0.25, 0.3) is 0 Å². The van der Waals surface area contributed by atoms with Gasteiger partial charge in [-0.2, -0.15) is 4.37 Å². The molecule has 2 heterocycles. The lowest BCUT2D eigenvalue weighted by Gasteiger charge is -2.05. The number of benzene rings is 2. The highest BCUT2D eigenvalue weighted by Gasteiger charge is 2.20. The molecule has 2 aromatic carbocycles. The van der Waals surface area contributed by atoms with Gasteiger partial charge in [-0.25, -0.2) is 0 Å². The molecule has 0 bridgehead atoms. The van der Waals surface area contributed by atoms with E-state index in [2.05, 4.69) is 28.6 Å². The minimum Gasteiger partial charge on any atom is -0.356 e. The fraction of sp³-hybridized carbons (Fsp3) is 0.125. The molecule has 1 atom stereocenters. The summed E-state index contributed by atoms with van der Waals surface area (Å²) >= 11 is 1.54. The summed E-state index contributed by atoms with van der Waals surface area (Å²) in [5, 5.41) is 6.52. The number of nitrogens with zero attached hydrogens (tertiary/aromatic N) is 2. The van der Waals surface area contributed by atoms with Gasteiger partial charge in [-0.05, 0) is 29.7 Å². The van der Waals surface area contributed by atoms with Gasteiger partial charge >= 0.3 is 0 Å². The van der Waals surface area contributed by atoms with Crippen molar-refractivity contribution >= 4 is 32.6 Å². The minimum atomic E-state index is 0.120. The molecule has 0 spiro atoms. The van der Waals surface area contributed by atoms with E-state index in [4.69, 9.17) is 4.52 Å². The molecule has 0 saturated carbocycles. The third-order valence-electron chi connectivity index (χ3n) is 3.63. The summed E-state index contributed by atoms with van der Waals surface area (Å²) in [6.07, 6.45) is 0. The van der Waals surface area contributed by atoms with Gasteiger partial charge in [0.05, 0.1) is 10.4 Å². The van der Waals surface area contributed by atoms with Gasteiger partial charge in [-0.15, -0.1) is 0 Å². The summed E-state index contributed by atoms with van der Waals surface area (Å²) in [6.45, 7) is 2.13. The van der Waals surface area contributed by atoms with Crippen LogP contribution in [0.3, 0.4) is 0 Å². The molecule has 98 valence electrons. The van der Waals surface area contributed by atoms with Crippen molar-refractivity contribution in [1.82, 2.24) is 9.53 Å². The smallest absolute Gasteiger partial charge is 0.167 e. The van der Waals surface area contributed by atoms with E-state index in [1.54, 1.807) is 0 Å². The average molecular weight is 280 g/mol. The van der Waals surface area contributed by atoms with E-state index in [0.29, 0.717) is 0 Å². The molecule has 1 unspecified atom stereocenters. The normalized spacial score (nSPS) is 13.1. The maximum atomic E-state index is 5.41. The van der Waals surface area contributed by atoms with Crippen molar-refractivity contribution in [2.24, 2.45) is 0 Å². The van der Waals surface area contributed by atoms with Crippen molar-refractivity contribution < 1.29 is 4.52 Å². The Hall–Kier alpha value is -2.20. The van der Waals surface area contributed by atoms with Gasteiger partial charge in [-0.1, -0.05) is 42.4 Å². The van der Waals surface area contributed by atoms with Crippen LogP contribution in [0.25, 0.3) is 21.1 Å². The summed E-state index contributed by atoms with van der Waals surface area (Å²) in [5.41, 5.74) is 2.86. The summed E-state index contributed by atoms with van der Waals surface area (Å²) in [6, 6.07) is 16.3. The van der Waals surface area contributed by atoms with Crippen molar-refractivity contribution in [2.75, 3.05) is 0 Å². The van der Waals surface area contributed by atoms with E-state index < -0.39 is 0 Å². The summed E-state index contributed by atoms with van der Waals surface area (Å²) in [5.74, 6) is 0.120. The van der Waals surface area contributed by atoms with E-state index in [9.17, 15) is 0 Å². The number of para-hydroxylation sites is 1. The Morgan fingerprint density at radius 2 is 1.70 bits per heavy atom. The molecule has 0 fully saturated rings. The molecular formula is C16H12N2OS. The van der Waals surface area contributed by atoms with Crippen molar-refractivity contribution in [3.05, 3.63) is 59.9 Å². The Labute approximate surface area is 120 Å². The van der Waals surface area contributed by atoms with Crippen LogP contribution in [0.2, 0.25) is 0 Å². The van der Waals surface area contributed by atoms with Crippen LogP contribution in [-0.2, 0) is 0 Å². The monoisotopic (exact) mass is 280 g/mol. The Morgan fingerprint density at radius 3 is 2.60 bits per heavy atom. The first-order chi connectivity index (χ1) is 9.84. The number of rotatable bonds is 2. The van der Waals surface area contributed by atoms with Crippen LogP contribution in [0.5, 0.6) is 0 Å². The molecule has 4 heteroatoms. The first-order valence-corrected chi connectivity index (χ1v) is 7.30. The maximum absolute atomic E-state index is 5.41. The van der Waals surface area contributed by atoms with Gasteiger partial charge in [0, 0.05) is 16.7 Å². The fourth-order valence-electron chi connectivity index (χ4n) is 2.56. The third-order valence-corrected chi connectivity index (χ3v) is 4.47. The quantitative estimate of drug-likeness (QED) is 0.539. The molecule has 3 nitrogen and oxygen atoms in total. The average Bonchev–Trinajstić information content (AvgIpc) is 3.11. The molecule has 4 aromatic rings. The maximum Gasteiger partial charge on any atom is 0.167 e. The molecule has 0 aliphatic heterocycles. The van der Waals surface area contributed by atoms with E-state index in [-0.39, 0.29) is 5.92 Å². The van der Waals surface area contributed by atoms with Crippen molar-refractivity contribution in [2.45, 2.75) is 12.8 Å². The molecule has 0 aliphatic carbocycles. The Balaban J connectivity index is 1.90.